The maximum atomic E-state index is 13.9. The van der Waals surface area contributed by atoms with Crippen molar-refractivity contribution in [1.29, 1.82) is 0 Å². The van der Waals surface area contributed by atoms with Gasteiger partial charge in [0.15, 0.2) is 11.5 Å². The highest BCUT2D eigenvalue weighted by molar-refractivity contribution is 6.10. The third-order valence-corrected chi connectivity index (χ3v) is 7.44. The molecule has 0 aromatic heterocycles. The lowest BCUT2D eigenvalue weighted by atomic mass is 9.61. The molecule has 0 saturated heterocycles. The van der Waals surface area contributed by atoms with Gasteiger partial charge in [-0.3, -0.25) is 14.4 Å². The van der Waals surface area contributed by atoms with Gasteiger partial charge >= 0.3 is 0 Å². The number of carbonyl (C=O) groups excluding carboxylic acids is 3. The van der Waals surface area contributed by atoms with Crippen molar-refractivity contribution in [2.75, 3.05) is 24.4 Å². The zero-order valence-corrected chi connectivity index (χ0v) is 23.9. The molecule has 4 unspecified atom stereocenters. The lowest BCUT2D eigenvalue weighted by Gasteiger charge is -2.44. The number of hydrogen-bond donors (Lipinski definition) is 3. The van der Waals surface area contributed by atoms with E-state index >= 15 is 0 Å². The van der Waals surface area contributed by atoms with Crippen LogP contribution in [0.3, 0.4) is 0 Å². The van der Waals surface area contributed by atoms with Gasteiger partial charge in [0.2, 0.25) is 11.8 Å². The molecular weight excluding hydrogens is 520 g/mol. The lowest BCUT2D eigenvalue weighted by Crippen LogP contribution is -2.56. The van der Waals surface area contributed by atoms with Crippen LogP contribution in [0.1, 0.15) is 45.1 Å². The minimum absolute atomic E-state index is 0.350. The molecule has 3 aromatic carbocycles. The molecule has 3 N–H and O–H groups in total. The van der Waals surface area contributed by atoms with E-state index < -0.39 is 41.0 Å². The Morgan fingerprint density at radius 3 is 2.07 bits per heavy atom. The molecule has 8 nitrogen and oxygen atoms in total. The number of carbonyl (C=O) groups is 3. The van der Waals surface area contributed by atoms with Crippen LogP contribution in [0.2, 0.25) is 0 Å². The first kappa shape index (κ1) is 29.8. The first-order valence-electron chi connectivity index (χ1n) is 13.9. The Kier molecular flexibility index (Phi) is 9.45. The number of hydrogen-bond acceptors (Lipinski definition) is 6. The van der Waals surface area contributed by atoms with Crippen molar-refractivity contribution in [2.45, 2.75) is 45.1 Å². The molecule has 4 rings (SSSR count). The third-order valence-electron chi connectivity index (χ3n) is 7.44. The van der Waals surface area contributed by atoms with E-state index in [9.17, 15) is 19.5 Å². The van der Waals surface area contributed by atoms with E-state index in [1.165, 1.54) is 14.0 Å². The Labute approximate surface area is 241 Å². The van der Waals surface area contributed by atoms with E-state index in [-0.39, 0.29) is 6.42 Å². The minimum Gasteiger partial charge on any atom is -0.493 e. The van der Waals surface area contributed by atoms with Gasteiger partial charge in [-0.2, -0.15) is 0 Å². The zero-order valence-electron chi connectivity index (χ0n) is 23.9. The summed E-state index contributed by atoms with van der Waals surface area (Å²) < 4.78 is 11.6. The fourth-order valence-electron chi connectivity index (χ4n) is 5.39. The van der Waals surface area contributed by atoms with E-state index in [0.29, 0.717) is 41.0 Å². The Bertz CT molecular complexity index is 1360. The second-order valence-electron chi connectivity index (χ2n) is 11.1. The molecule has 2 amide bonds. The number of benzene rings is 3. The van der Waals surface area contributed by atoms with Crippen molar-refractivity contribution in [3.05, 3.63) is 84.4 Å². The summed E-state index contributed by atoms with van der Waals surface area (Å²) in [5.41, 5.74) is -0.143. The third kappa shape index (κ3) is 7.13. The predicted molar refractivity (Wildman–Crippen MR) is 158 cm³/mol. The van der Waals surface area contributed by atoms with Crippen LogP contribution in [0.4, 0.5) is 11.4 Å². The summed E-state index contributed by atoms with van der Waals surface area (Å²) in [5.74, 6) is -3.46. The van der Waals surface area contributed by atoms with Gasteiger partial charge in [0, 0.05) is 23.7 Å². The van der Waals surface area contributed by atoms with E-state index in [1.807, 2.05) is 12.1 Å². The molecule has 1 saturated carbocycles. The molecule has 1 aliphatic carbocycles. The van der Waals surface area contributed by atoms with Crippen molar-refractivity contribution in [2.24, 2.45) is 17.8 Å². The number of para-hydroxylation sites is 2. The standard InChI is InChI=1S/C33H38N2O6/c1-21(2)17-18-41-26-16-15-22(19-27(26)40-4)28-29(31(37)34-23-11-7-5-8-12-23)25(36)20-33(3,39)30(28)32(38)35-24-13-9-6-10-14-24/h5-16,19,21,28-30,39H,17-18,20H2,1-4H3,(H,34,37)(H,35,38). The maximum absolute atomic E-state index is 13.9. The number of Topliss-reactive ketones (excluding diaryl/α,β-unsaturated/α-hetero) is 1. The fraction of sp³-hybridized carbons (Fsp3) is 0.364. The average molecular weight is 559 g/mol. The molecule has 41 heavy (non-hydrogen) atoms. The molecule has 0 bridgehead atoms. The number of amides is 2. The van der Waals surface area contributed by atoms with Crippen LogP contribution >= 0.6 is 0 Å². The van der Waals surface area contributed by atoms with E-state index in [1.54, 1.807) is 66.7 Å². The smallest absolute Gasteiger partial charge is 0.235 e. The summed E-state index contributed by atoms with van der Waals surface area (Å²) in [5, 5.41) is 17.3. The van der Waals surface area contributed by atoms with E-state index in [2.05, 4.69) is 24.5 Å². The molecule has 4 atom stereocenters. The second kappa shape index (κ2) is 13.0. The highest BCUT2D eigenvalue weighted by Crippen LogP contribution is 2.48. The number of ketones is 1. The summed E-state index contributed by atoms with van der Waals surface area (Å²) in [6.07, 6.45) is 0.505. The molecule has 0 spiro atoms. The topological polar surface area (TPSA) is 114 Å². The normalized spacial score (nSPS) is 22.2. The molecule has 0 radical (unpaired) electrons. The summed E-state index contributed by atoms with van der Waals surface area (Å²) in [7, 11) is 1.51. The average Bonchev–Trinajstić information content (AvgIpc) is 2.93. The van der Waals surface area contributed by atoms with Crippen LogP contribution < -0.4 is 20.1 Å². The number of methoxy groups -OCH3 is 1. The Morgan fingerprint density at radius 1 is 0.927 bits per heavy atom. The van der Waals surface area contributed by atoms with Gasteiger partial charge in [-0.25, -0.2) is 0 Å². The van der Waals surface area contributed by atoms with Gasteiger partial charge in [-0.1, -0.05) is 56.3 Å². The Balaban J connectivity index is 1.77. The van der Waals surface area contributed by atoms with Crippen LogP contribution in [0, 0.1) is 17.8 Å². The van der Waals surface area contributed by atoms with Gasteiger partial charge < -0.3 is 25.2 Å². The quantitative estimate of drug-likeness (QED) is 0.286. The van der Waals surface area contributed by atoms with Crippen LogP contribution in [-0.4, -0.2) is 42.0 Å². The number of anilines is 2. The second-order valence-corrected chi connectivity index (χ2v) is 11.1. The van der Waals surface area contributed by atoms with Gasteiger partial charge in [0.05, 0.1) is 25.2 Å². The van der Waals surface area contributed by atoms with E-state index in [4.69, 9.17) is 9.47 Å². The minimum atomic E-state index is -1.72. The number of rotatable bonds is 10. The Hall–Kier alpha value is -4.17. The summed E-state index contributed by atoms with van der Waals surface area (Å²) in [6, 6.07) is 22.8. The fourth-order valence-corrected chi connectivity index (χ4v) is 5.39. The van der Waals surface area contributed by atoms with Gasteiger partial charge in [0.25, 0.3) is 0 Å². The number of aliphatic hydroxyl groups is 1. The van der Waals surface area contributed by atoms with Gasteiger partial charge in [-0.15, -0.1) is 0 Å². The van der Waals surface area contributed by atoms with Gasteiger partial charge in [0.1, 0.15) is 11.7 Å². The van der Waals surface area contributed by atoms with Crippen LogP contribution in [0.15, 0.2) is 78.9 Å². The monoisotopic (exact) mass is 558 g/mol. The van der Waals surface area contributed by atoms with Crippen molar-refractivity contribution in [3.63, 3.8) is 0 Å². The molecule has 0 aliphatic heterocycles. The summed E-state index contributed by atoms with van der Waals surface area (Å²) in [6.45, 7) is 6.18. The zero-order chi connectivity index (χ0) is 29.6. The highest BCUT2D eigenvalue weighted by Gasteiger charge is 2.56. The highest BCUT2D eigenvalue weighted by atomic mass is 16.5. The largest absolute Gasteiger partial charge is 0.493 e. The van der Waals surface area contributed by atoms with Crippen molar-refractivity contribution < 1.29 is 29.0 Å². The maximum Gasteiger partial charge on any atom is 0.235 e. The SMILES string of the molecule is COc1cc(C2C(C(=O)Nc3ccccc3)C(=O)CC(C)(O)C2C(=O)Nc2ccccc2)ccc1OCCC(C)C. The molecule has 0 heterocycles. The number of ether oxygens (including phenoxy) is 2. The molecule has 3 aromatic rings. The molecule has 1 fully saturated rings. The van der Waals surface area contributed by atoms with E-state index in [0.717, 1.165) is 6.42 Å². The number of nitrogens with one attached hydrogen (secondary N) is 2. The van der Waals surface area contributed by atoms with Crippen molar-refractivity contribution >= 4 is 29.0 Å². The molecule has 216 valence electrons. The van der Waals surface area contributed by atoms with Crippen LogP contribution in [0.5, 0.6) is 11.5 Å². The van der Waals surface area contributed by atoms with Crippen LogP contribution in [0.25, 0.3) is 0 Å². The molecular formula is C33H38N2O6. The Morgan fingerprint density at radius 2 is 1.51 bits per heavy atom. The van der Waals surface area contributed by atoms with Crippen molar-refractivity contribution in [3.8, 4) is 11.5 Å². The van der Waals surface area contributed by atoms with Gasteiger partial charge in [-0.05, 0) is 61.2 Å². The molecule has 8 heteroatoms. The first-order chi connectivity index (χ1) is 19.6. The predicted octanol–water partition coefficient (Wildman–Crippen LogP) is 5.44. The first-order valence-corrected chi connectivity index (χ1v) is 13.9. The summed E-state index contributed by atoms with van der Waals surface area (Å²) >= 11 is 0. The van der Waals surface area contributed by atoms with Crippen molar-refractivity contribution in [1.82, 2.24) is 0 Å². The lowest BCUT2D eigenvalue weighted by molar-refractivity contribution is -0.150. The van der Waals surface area contributed by atoms with Crippen LogP contribution in [-0.2, 0) is 14.4 Å². The molecule has 1 aliphatic rings. The summed E-state index contributed by atoms with van der Waals surface area (Å²) in [4.78, 5) is 41.2.